The Bertz CT molecular complexity index is 987. The van der Waals surface area contributed by atoms with Gasteiger partial charge in [0.1, 0.15) is 24.3 Å². The Labute approximate surface area is 192 Å². The van der Waals surface area contributed by atoms with E-state index in [4.69, 9.17) is 20.6 Å². The van der Waals surface area contributed by atoms with E-state index in [1.807, 2.05) is 24.3 Å². The van der Waals surface area contributed by atoms with E-state index < -0.39 is 0 Å². The molecule has 4 N–H and O–H groups in total. The van der Waals surface area contributed by atoms with E-state index in [1.165, 1.54) is 18.8 Å². The van der Waals surface area contributed by atoms with Crippen molar-refractivity contribution < 1.29 is 19.1 Å². The fourth-order valence-corrected chi connectivity index (χ4v) is 4.25. The first kappa shape index (κ1) is 22.7. The lowest BCUT2D eigenvalue weighted by atomic mass is 9.97. The van der Waals surface area contributed by atoms with Crippen LogP contribution in [-0.2, 0) is 14.3 Å². The van der Waals surface area contributed by atoms with Crippen molar-refractivity contribution in [3.8, 4) is 17.1 Å². The third kappa shape index (κ3) is 6.06. The van der Waals surface area contributed by atoms with Crippen LogP contribution in [0.4, 0.5) is 0 Å². The Balaban J connectivity index is 1.24. The van der Waals surface area contributed by atoms with Crippen LogP contribution < -0.4 is 15.8 Å². The molecule has 2 aromatic rings. The zero-order valence-corrected chi connectivity index (χ0v) is 18.5. The number of aromatic nitrogens is 2. The van der Waals surface area contributed by atoms with Gasteiger partial charge in [-0.05, 0) is 56.4 Å². The van der Waals surface area contributed by atoms with Crippen LogP contribution in [0.5, 0.6) is 5.75 Å². The average Bonchev–Trinajstić information content (AvgIpc) is 3.17. The number of carbonyl (C=O) groups is 2. The maximum absolute atomic E-state index is 12.3. The molecule has 1 saturated carbocycles. The van der Waals surface area contributed by atoms with Crippen molar-refractivity contribution in [1.82, 2.24) is 15.3 Å². The standard InChI is InChI=1S/C24H29N5O4/c25-22(26)17-12-27-23(28-13-17)15-6-8-19(9-7-15)32-14-18-10-16(24(31)29-18)11-21(30)33-20-4-2-1-3-5-20/h6-9,12-13,16,18,20H,1-5,10-11,14H2,(H3,25,26)(H,29,31)/t16-,18-/m0/s1. The van der Waals surface area contributed by atoms with E-state index >= 15 is 0 Å². The molecule has 2 heterocycles. The molecule has 1 aromatic heterocycles. The first-order chi connectivity index (χ1) is 16.0. The summed E-state index contributed by atoms with van der Waals surface area (Å²) in [6.07, 6.45) is 8.95. The second-order valence-electron chi connectivity index (χ2n) is 8.64. The van der Waals surface area contributed by atoms with Crippen molar-refractivity contribution in [2.45, 2.75) is 57.1 Å². The quantitative estimate of drug-likeness (QED) is 0.318. The van der Waals surface area contributed by atoms with Gasteiger partial charge in [-0.3, -0.25) is 15.0 Å². The molecule has 2 fully saturated rings. The van der Waals surface area contributed by atoms with Gasteiger partial charge in [0.25, 0.3) is 0 Å². The highest BCUT2D eigenvalue weighted by Crippen LogP contribution is 2.25. The first-order valence-corrected chi connectivity index (χ1v) is 11.4. The van der Waals surface area contributed by atoms with Crippen LogP contribution in [0.2, 0.25) is 0 Å². The molecule has 2 atom stereocenters. The van der Waals surface area contributed by atoms with Gasteiger partial charge in [-0.15, -0.1) is 0 Å². The molecular weight excluding hydrogens is 422 g/mol. The van der Waals surface area contributed by atoms with Crippen LogP contribution in [0, 0.1) is 11.3 Å². The van der Waals surface area contributed by atoms with E-state index in [0.717, 1.165) is 31.2 Å². The van der Waals surface area contributed by atoms with Crippen molar-refractivity contribution in [1.29, 1.82) is 5.41 Å². The number of nitrogen functional groups attached to an aromatic ring is 1. The van der Waals surface area contributed by atoms with Gasteiger partial charge >= 0.3 is 5.97 Å². The molecule has 174 valence electrons. The minimum absolute atomic E-state index is 0.00953. The van der Waals surface area contributed by atoms with Crippen molar-refractivity contribution in [3.63, 3.8) is 0 Å². The number of benzene rings is 1. The van der Waals surface area contributed by atoms with Crippen molar-refractivity contribution >= 4 is 17.7 Å². The number of hydrogen-bond donors (Lipinski definition) is 3. The predicted molar refractivity (Wildman–Crippen MR) is 122 cm³/mol. The van der Waals surface area contributed by atoms with Crippen LogP contribution in [-0.4, -0.2) is 46.4 Å². The summed E-state index contributed by atoms with van der Waals surface area (Å²) in [7, 11) is 0. The molecule has 33 heavy (non-hydrogen) atoms. The molecule has 2 aliphatic rings. The zero-order valence-electron chi connectivity index (χ0n) is 18.5. The number of nitrogens with one attached hydrogen (secondary N) is 2. The molecule has 1 aromatic carbocycles. The number of nitrogens with zero attached hydrogens (tertiary/aromatic N) is 2. The lowest BCUT2D eigenvalue weighted by molar-refractivity contribution is -0.152. The number of carbonyl (C=O) groups excluding carboxylic acids is 2. The summed E-state index contributed by atoms with van der Waals surface area (Å²) < 4.78 is 11.4. The maximum Gasteiger partial charge on any atom is 0.306 e. The zero-order chi connectivity index (χ0) is 23.2. The SMILES string of the molecule is N=C(N)c1cnc(-c2ccc(OC[C@@H]3C[C@@H](CC(=O)OC4CCCCC4)C(=O)N3)cc2)nc1. The van der Waals surface area contributed by atoms with Gasteiger partial charge in [0.15, 0.2) is 5.82 Å². The van der Waals surface area contributed by atoms with Gasteiger partial charge in [-0.1, -0.05) is 6.42 Å². The highest BCUT2D eigenvalue weighted by atomic mass is 16.5. The number of ether oxygens (including phenoxy) is 2. The molecule has 1 saturated heterocycles. The van der Waals surface area contributed by atoms with Crippen LogP contribution in [0.15, 0.2) is 36.7 Å². The first-order valence-electron chi connectivity index (χ1n) is 11.4. The second-order valence-corrected chi connectivity index (χ2v) is 8.64. The summed E-state index contributed by atoms with van der Waals surface area (Å²) >= 11 is 0. The molecule has 9 heteroatoms. The van der Waals surface area contributed by atoms with Gasteiger partial charge in [0.05, 0.1) is 23.9 Å². The Hall–Kier alpha value is -3.49. The van der Waals surface area contributed by atoms with Crippen molar-refractivity contribution in [2.24, 2.45) is 11.7 Å². The van der Waals surface area contributed by atoms with E-state index in [0.29, 0.717) is 30.2 Å². The molecule has 1 aliphatic heterocycles. The average molecular weight is 452 g/mol. The highest BCUT2D eigenvalue weighted by molar-refractivity contribution is 5.94. The summed E-state index contributed by atoms with van der Waals surface area (Å²) in [4.78, 5) is 33.0. The van der Waals surface area contributed by atoms with Crippen LogP contribution in [0.25, 0.3) is 11.4 Å². The third-order valence-electron chi connectivity index (χ3n) is 6.08. The smallest absolute Gasteiger partial charge is 0.306 e. The van der Waals surface area contributed by atoms with E-state index in [9.17, 15) is 9.59 Å². The second kappa shape index (κ2) is 10.4. The molecule has 1 aliphatic carbocycles. The molecule has 0 radical (unpaired) electrons. The van der Waals surface area contributed by atoms with E-state index in [1.54, 1.807) is 0 Å². The predicted octanol–water partition coefficient (Wildman–Crippen LogP) is 2.58. The molecule has 0 unspecified atom stereocenters. The minimum Gasteiger partial charge on any atom is -0.491 e. The molecular formula is C24H29N5O4. The molecule has 0 bridgehead atoms. The van der Waals surface area contributed by atoms with Crippen molar-refractivity contribution in [2.75, 3.05) is 6.61 Å². The number of hydrogen-bond acceptors (Lipinski definition) is 7. The molecule has 9 nitrogen and oxygen atoms in total. The lowest BCUT2D eigenvalue weighted by Crippen LogP contribution is -2.31. The Morgan fingerprint density at radius 2 is 1.82 bits per heavy atom. The number of esters is 1. The van der Waals surface area contributed by atoms with E-state index in [2.05, 4.69) is 15.3 Å². The minimum atomic E-state index is -0.368. The van der Waals surface area contributed by atoms with Gasteiger partial charge in [-0.2, -0.15) is 0 Å². The topological polar surface area (TPSA) is 140 Å². The number of nitrogens with two attached hydrogens (primary N) is 1. The number of amides is 1. The fourth-order valence-electron chi connectivity index (χ4n) is 4.25. The number of rotatable bonds is 8. The maximum atomic E-state index is 12.3. The Morgan fingerprint density at radius 1 is 1.12 bits per heavy atom. The van der Waals surface area contributed by atoms with Crippen LogP contribution in [0.3, 0.4) is 0 Å². The fraction of sp³-hybridized carbons (Fsp3) is 0.458. The monoisotopic (exact) mass is 451 g/mol. The molecule has 0 spiro atoms. The Morgan fingerprint density at radius 3 is 2.48 bits per heavy atom. The molecule has 4 rings (SSSR count). The molecule has 1 amide bonds. The number of amidine groups is 1. The van der Waals surface area contributed by atoms with Crippen LogP contribution >= 0.6 is 0 Å². The lowest BCUT2D eigenvalue weighted by Gasteiger charge is -2.22. The van der Waals surface area contributed by atoms with Gasteiger partial charge < -0.3 is 20.5 Å². The summed E-state index contributed by atoms with van der Waals surface area (Å²) in [5.41, 5.74) is 6.70. The summed E-state index contributed by atoms with van der Waals surface area (Å²) in [5, 5.41) is 10.3. The van der Waals surface area contributed by atoms with Crippen molar-refractivity contribution in [3.05, 3.63) is 42.2 Å². The summed E-state index contributed by atoms with van der Waals surface area (Å²) in [6, 6.07) is 7.16. The van der Waals surface area contributed by atoms with Gasteiger partial charge in [0, 0.05) is 18.0 Å². The van der Waals surface area contributed by atoms with E-state index in [-0.39, 0.29) is 42.2 Å². The third-order valence-corrected chi connectivity index (χ3v) is 6.08. The summed E-state index contributed by atoms with van der Waals surface area (Å²) in [6.45, 7) is 0.322. The van der Waals surface area contributed by atoms with Gasteiger partial charge in [0.2, 0.25) is 5.91 Å². The largest absolute Gasteiger partial charge is 0.491 e. The van der Waals surface area contributed by atoms with Gasteiger partial charge in [-0.25, -0.2) is 9.97 Å². The summed E-state index contributed by atoms with van der Waals surface area (Å²) in [5.74, 6) is 0.342. The Kier molecular flexibility index (Phi) is 7.16. The normalized spacial score (nSPS) is 20.8. The highest BCUT2D eigenvalue weighted by Gasteiger charge is 2.34. The van der Waals surface area contributed by atoms with Crippen LogP contribution in [0.1, 0.15) is 50.5 Å².